The van der Waals surface area contributed by atoms with Crippen molar-refractivity contribution in [2.45, 2.75) is 426 Å². The van der Waals surface area contributed by atoms with E-state index in [1.165, 1.54) is 429 Å². The first-order valence-electron chi connectivity index (χ1n) is 35.1. The molecule has 0 N–H and O–H groups in total. The van der Waals surface area contributed by atoms with Crippen molar-refractivity contribution in [1.29, 1.82) is 0 Å². The van der Waals surface area contributed by atoms with Crippen LogP contribution in [0.15, 0.2) is 0 Å². The standard InChI is InChI=1S/C70H144N.BrH/c1-5-9-13-17-21-25-29-33-37-40-44-48-52-56-60-64-68-71(67-63-59-55-51-47-43-36-32-28-24-20-16-12-8-4,69-65-61-57-53-49-45-41-38-34-30-26-22-18-14-10-6-2)70-66-62-58-54-50-46-42-39-35-31-27-23-19-15-11-7-3;/h5-70H2,1-4H3;1H/q+1;/p-1. The topological polar surface area (TPSA) is 0 Å². The molecule has 72 heavy (non-hydrogen) atoms. The highest BCUT2D eigenvalue weighted by Gasteiger charge is 2.26. The molecule has 1 nitrogen and oxygen atoms in total. The molecule has 436 valence electrons. The predicted molar refractivity (Wildman–Crippen MR) is 329 cm³/mol. The van der Waals surface area contributed by atoms with E-state index >= 15 is 0 Å². The van der Waals surface area contributed by atoms with Crippen LogP contribution in [-0.4, -0.2) is 30.7 Å². The summed E-state index contributed by atoms with van der Waals surface area (Å²) in [5.41, 5.74) is 0. The number of hydrogen-bond donors (Lipinski definition) is 0. The van der Waals surface area contributed by atoms with Crippen molar-refractivity contribution in [3.8, 4) is 0 Å². The average molecular weight is 1080 g/mol. The molecule has 0 bridgehead atoms. The van der Waals surface area contributed by atoms with Crippen LogP contribution in [0.1, 0.15) is 426 Å². The van der Waals surface area contributed by atoms with E-state index < -0.39 is 0 Å². The Hall–Kier alpha value is 0.440. The monoisotopic (exact) mass is 1080 g/mol. The molecule has 0 saturated carbocycles. The zero-order valence-electron chi connectivity index (χ0n) is 51.5. The number of unbranched alkanes of at least 4 members (excludes halogenated alkanes) is 58. The van der Waals surface area contributed by atoms with Crippen LogP contribution in [0.25, 0.3) is 0 Å². The minimum Gasteiger partial charge on any atom is -1.00 e. The molecule has 0 unspecified atom stereocenters. The van der Waals surface area contributed by atoms with Gasteiger partial charge in [0.05, 0.1) is 26.2 Å². The van der Waals surface area contributed by atoms with Crippen LogP contribution in [0, 0.1) is 0 Å². The average Bonchev–Trinajstić information content (AvgIpc) is 3.38. The third-order valence-electron chi connectivity index (χ3n) is 17.4. The molecule has 0 saturated heterocycles. The predicted octanol–water partition coefficient (Wildman–Crippen LogP) is 23.1. The highest BCUT2D eigenvalue weighted by Crippen LogP contribution is 2.23. The molecule has 0 aromatic heterocycles. The molecule has 0 aliphatic heterocycles. The molecule has 0 aromatic rings. The van der Waals surface area contributed by atoms with Gasteiger partial charge in [-0.1, -0.05) is 374 Å². The van der Waals surface area contributed by atoms with Crippen molar-refractivity contribution < 1.29 is 21.5 Å². The SMILES string of the molecule is CCCCCCCCCCCCCCCCCC[N+](CCCCCCCCCCCCCCCC)(CCCCCCCCCCCCCCCCCC)CCCCCCCCCCCCCCCCCC.[Br-]. The molecule has 0 atom stereocenters. The highest BCUT2D eigenvalue weighted by atomic mass is 79.9. The normalized spacial score (nSPS) is 11.8. The molecule has 0 fully saturated rings. The summed E-state index contributed by atoms with van der Waals surface area (Å²) in [7, 11) is 0. The van der Waals surface area contributed by atoms with E-state index in [4.69, 9.17) is 0 Å². The first-order chi connectivity index (χ1) is 35.2. The summed E-state index contributed by atoms with van der Waals surface area (Å²) < 4.78 is 1.49. The Labute approximate surface area is 470 Å². The van der Waals surface area contributed by atoms with Crippen molar-refractivity contribution in [2.24, 2.45) is 0 Å². The van der Waals surface area contributed by atoms with E-state index in [0.717, 1.165) is 0 Å². The zero-order chi connectivity index (χ0) is 51.2. The minimum absolute atomic E-state index is 0. The van der Waals surface area contributed by atoms with Crippen LogP contribution in [0.3, 0.4) is 0 Å². The van der Waals surface area contributed by atoms with E-state index in [1.54, 1.807) is 0 Å². The van der Waals surface area contributed by atoms with E-state index in [9.17, 15) is 0 Å². The van der Waals surface area contributed by atoms with Gasteiger partial charge in [0, 0.05) is 0 Å². The van der Waals surface area contributed by atoms with E-state index in [2.05, 4.69) is 27.7 Å². The fourth-order valence-electron chi connectivity index (χ4n) is 12.3. The summed E-state index contributed by atoms with van der Waals surface area (Å²) in [6.07, 6.45) is 91.7. The van der Waals surface area contributed by atoms with E-state index in [1.807, 2.05) is 0 Å². The molecule has 0 rings (SSSR count). The van der Waals surface area contributed by atoms with Gasteiger partial charge in [-0.25, -0.2) is 0 Å². The third kappa shape index (κ3) is 61.3. The number of rotatable bonds is 66. The quantitative estimate of drug-likeness (QED) is 0.0421. The van der Waals surface area contributed by atoms with Crippen LogP contribution in [0.5, 0.6) is 0 Å². The maximum Gasteiger partial charge on any atom is 0.0786 e. The summed E-state index contributed by atoms with van der Waals surface area (Å²) in [5.74, 6) is 0. The van der Waals surface area contributed by atoms with E-state index in [-0.39, 0.29) is 17.0 Å². The number of hydrogen-bond acceptors (Lipinski definition) is 0. The minimum atomic E-state index is 0. The molecular weight excluding hydrogens is 935 g/mol. The second-order valence-electron chi connectivity index (χ2n) is 24.7. The van der Waals surface area contributed by atoms with Gasteiger partial charge in [-0.15, -0.1) is 0 Å². The maximum absolute atomic E-state index is 2.34. The number of nitrogens with zero attached hydrogens (tertiary/aromatic N) is 1. The Morgan fingerprint density at radius 3 is 0.306 bits per heavy atom. The Morgan fingerprint density at radius 2 is 0.208 bits per heavy atom. The molecule has 0 spiro atoms. The Kier molecular flexibility index (Phi) is 69.9. The van der Waals surface area contributed by atoms with Gasteiger partial charge in [-0.2, -0.15) is 0 Å². The van der Waals surface area contributed by atoms with Gasteiger partial charge in [0.1, 0.15) is 0 Å². The van der Waals surface area contributed by atoms with E-state index in [0.29, 0.717) is 0 Å². The van der Waals surface area contributed by atoms with Gasteiger partial charge >= 0.3 is 0 Å². The van der Waals surface area contributed by atoms with Gasteiger partial charge in [0.2, 0.25) is 0 Å². The molecule has 0 amide bonds. The van der Waals surface area contributed by atoms with Crippen molar-refractivity contribution >= 4 is 0 Å². The third-order valence-corrected chi connectivity index (χ3v) is 17.4. The van der Waals surface area contributed by atoms with Gasteiger partial charge < -0.3 is 21.5 Å². The molecule has 2 heteroatoms. The zero-order valence-corrected chi connectivity index (χ0v) is 53.1. The molecule has 0 aromatic carbocycles. The lowest BCUT2D eigenvalue weighted by Crippen LogP contribution is -3.00. The second kappa shape index (κ2) is 67.5. The van der Waals surface area contributed by atoms with Crippen molar-refractivity contribution in [3.63, 3.8) is 0 Å². The molecule has 0 aliphatic carbocycles. The lowest BCUT2D eigenvalue weighted by atomic mass is 10.0. The van der Waals surface area contributed by atoms with Crippen LogP contribution in [-0.2, 0) is 0 Å². The van der Waals surface area contributed by atoms with Crippen molar-refractivity contribution in [1.82, 2.24) is 0 Å². The largest absolute Gasteiger partial charge is 1.00 e. The molecule has 0 radical (unpaired) electrons. The van der Waals surface area contributed by atoms with Gasteiger partial charge in [-0.05, 0) is 51.4 Å². The van der Waals surface area contributed by atoms with Crippen molar-refractivity contribution in [2.75, 3.05) is 26.2 Å². The Bertz CT molecular complexity index is 813. The fraction of sp³-hybridized carbons (Fsp3) is 1.00. The van der Waals surface area contributed by atoms with Crippen LogP contribution in [0.2, 0.25) is 0 Å². The Balaban J connectivity index is 0. The fourth-order valence-corrected chi connectivity index (χ4v) is 12.3. The van der Waals surface area contributed by atoms with Crippen LogP contribution < -0.4 is 17.0 Å². The van der Waals surface area contributed by atoms with Crippen LogP contribution >= 0.6 is 0 Å². The molecular formula is C70H144BrN. The first-order valence-corrected chi connectivity index (χ1v) is 35.1. The molecule has 0 heterocycles. The van der Waals surface area contributed by atoms with Gasteiger partial charge in [0.15, 0.2) is 0 Å². The number of quaternary nitrogens is 1. The second-order valence-corrected chi connectivity index (χ2v) is 24.7. The first kappa shape index (κ1) is 74.5. The highest BCUT2D eigenvalue weighted by molar-refractivity contribution is 4.58. The Morgan fingerprint density at radius 1 is 0.125 bits per heavy atom. The lowest BCUT2D eigenvalue weighted by molar-refractivity contribution is -0.929. The van der Waals surface area contributed by atoms with Gasteiger partial charge in [0.25, 0.3) is 0 Å². The van der Waals surface area contributed by atoms with Crippen molar-refractivity contribution in [3.05, 3.63) is 0 Å². The number of halogens is 1. The lowest BCUT2D eigenvalue weighted by Gasteiger charge is -2.40. The smallest absolute Gasteiger partial charge is 0.0786 e. The summed E-state index contributed by atoms with van der Waals surface area (Å²) in [6, 6.07) is 0. The maximum atomic E-state index is 2.34. The van der Waals surface area contributed by atoms with Crippen LogP contribution in [0.4, 0.5) is 0 Å². The summed E-state index contributed by atoms with van der Waals surface area (Å²) in [5, 5.41) is 0. The summed E-state index contributed by atoms with van der Waals surface area (Å²) in [4.78, 5) is 0. The summed E-state index contributed by atoms with van der Waals surface area (Å²) in [6.45, 7) is 15.3. The molecule has 0 aliphatic rings. The summed E-state index contributed by atoms with van der Waals surface area (Å²) >= 11 is 0. The van der Waals surface area contributed by atoms with Gasteiger partial charge in [-0.3, -0.25) is 0 Å².